The minimum atomic E-state index is -6.00. The third kappa shape index (κ3) is 9.42. The fourth-order valence-corrected chi connectivity index (χ4v) is 1.23. The lowest BCUT2D eigenvalue weighted by atomic mass is 10.3. The quantitative estimate of drug-likeness (QED) is 0.422. The molecule has 7 heteroatoms. The zero-order chi connectivity index (χ0) is 12.6. The number of hydrogen-bond acceptors (Lipinski definition) is 2. The summed E-state index contributed by atoms with van der Waals surface area (Å²) in [5.74, 6) is 0. The first-order valence-corrected chi connectivity index (χ1v) is 5.01. The van der Waals surface area contributed by atoms with E-state index in [-0.39, 0.29) is 0 Å². The van der Waals surface area contributed by atoms with Gasteiger partial charge >= 0.3 is 7.25 Å². The lowest BCUT2D eigenvalue weighted by molar-refractivity contribution is 0.281. The van der Waals surface area contributed by atoms with Gasteiger partial charge in [-0.05, 0) is 6.42 Å². The Morgan fingerprint density at radius 1 is 1.25 bits per heavy atom. The van der Waals surface area contributed by atoms with Gasteiger partial charge in [0.2, 0.25) is 0 Å². The predicted molar refractivity (Wildman–Crippen MR) is 58.1 cm³/mol. The van der Waals surface area contributed by atoms with E-state index >= 15 is 0 Å². The standard InChI is InChI=1S/C9H16N2.BF4/c1-3-5-10-7-8-11(9-10)6-4-2;2-1(3,4)5/h3,7-8H,1,4-6,9H2,2H3;/q;-1. The summed E-state index contributed by atoms with van der Waals surface area (Å²) in [6.07, 6.45) is 7.41. The van der Waals surface area contributed by atoms with E-state index in [2.05, 4.69) is 35.7 Å². The Bertz CT molecular complexity index is 224. The van der Waals surface area contributed by atoms with E-state index in [0.717, 1.165) is 19.8 Å². The number of hydrogen-bond donors (Lipinski definition) is 0. The van der Waals surface area contributed by atoms with Crippen LogP contribution in [0.25, 0.3) is 0 Å². The maximum atomic E-state index is 9.75. The molecule has 0 spiro atoms. The molecule has 0 saturated heterocycles. The second-order valence-corrected chi connectivity index (χ2v) is 3.31. The van der Waals surface area contributed by atoms with Gasteiger partial charge in [0, 0.05) is 25.5 Å². The Labute approximate surface area is 93.3 Å². The fraction of sp³-hybridized carbons (Fsp3) is 0.556. The van der Waals surface area contributed by atoms with E-state index in [9.17, 15) is 17.3 Å². The monoisotopic (exact) mass is 239 g/mol. The third-order valence-electron chi connectivity index (χ3n) is 1.73. The maximum Gasteiger partial charge on any atom is 0.673 e. The number of nitrogens with zero attached hydrogens (tertiary/aromatic N) is 2. The molecule has 0 N–H and O–H groups in total. The molecule has 2 nitrogen and oxygen atoms in total. The van der Waals surface area contributed by atoms with Gasteiger partial charge in [-0.25, -0.2) is 0 Å². The molecule has 0 radical (unpaired) electrons. The molecular weight excluding hydrogens is 223 g/mol. The van der Waals surface area contributed by atoms with Crippen molar-refractivity contribution in [3.8, 4) is 0 Å². The Kier molecular flexibility index (Phi) is 6.68. The van der Waals surface area contributed by atoms with Crippen LogP contribution >= 0.6 is 0 Å². The predicted octanol–water partition coefficient (Wildman–Crippen LogP) is 2.93. The fourth-order valence-electron chi connectivity index (χ4n) is 1.23. The molecule has 0 aromatic carbocycles. The summed E-state index contributed by atoms with van der Waals surface area (Å²) in [6.45, 7) is 9.04. The second kappa shape index (κ2) is 7.19. The van der Waals surface area contributed by atoms with Gasteiger partial charge in [-0.1, -0.05) is 13.0 Å². The van der Waals surface area contributed by atoms with Crippen molar-refractivity contribution in [3.63, 3.8) is 0 Å². The van der Waals surface area contributed by atoms with Crippen molar-refractivity contribution >= 4 is 7.25 Å². The molecule has 1 heterocycles. The van der Waals surface area contributed by atoms with Crippen molar-refractivity contribution in [3.05, 3.63) is 25.1 Å². The van der Waals surface area contributed by atoms with Crippen LogP contribution in [0.15, 0.2) is 25.1 Å². The minimum Gasteiger partial charge on any atom is -0.418 e. The van der Waals surface area contributed by atoms with E-state index in [0.29, 0.717) is 0 Å². The molecule has 1 rings (SSSR count). The van der Waals surface area contributed by atoms with Gasteiger partial charge in [-0.3, -0.25) is 0 Å². The van der Waals surface area contributed by atoms with E-state index < -0.39 is 7.25 Å². The van der Waals surface area contributed by atoms with Crippen LogP contribution in [-0.4, -0.2) is 36.8 Å². The van der Waals surface area contributed by atoms with Crippen molar-refractivity contribution in [1.82, 2.24) is 9.80 Å². The van der Waals surface area contributed by atoms with Crippen molar-refractivity contribution < 1.29 is 17.3 Å². The molecule has 0 bridgehead atoms. The van der Waals surface area contributed by atoms with Crippen molar-refractivity contribution in [2.45, 2.75) is 13.3 Å². The lowest BCUT2D eigenvalue weighted by Crippen LogP contribution is -2.25. The topological polar surface area (TPSA) is 6.48 Å². The molecule has 0 aromatic heterocycles. The first kappa shape index (κ1) is 14.9. The largest absolute Gasteiger partial charge is 0.673 e. The summed E-state index contributed by atoms with van der Waals surface area (Å²) < 4.78 is 39.0. The van der Waals surface area contributed by atoms with E-state index in [1.807, 2.05) is 6.08 Å². The lowest BCUT2D eigenvalue weighted by Gasteiger charge is -2.19. The average Bonchev–Trinajstić information content (AvgIpc) is 2.51. The SMILES string of the molecule is C=CCN1C=CN(CCC)C1.F[B-](F)(F)F. The molecule has 0 amide bonds. The number of halogens is 4. The van der Waals surface area contributed by atoms with Crippen LogP contribution in [0, 0.1) is 0 Å². The Balaban J connectivity index is 0.000000385. The van der Waals surface area contributed by atoms with Gasteiger partial charge in [0.1, 0.15) is 0 Å². The molecule has 94 valence electrons. The molecule has 1 aliphatic heterocycles. The van der Waals surface area contributed by atoms with Gasteiger partial charge < -0.3 is 27.1 Å². The molecule has 0 fully saturated rings. The van der Waals surface area contributed by atoms with Gasteiger partial charge in [-0.15, -0.1) is 6.58 Å². The van der Waals surface area contributed by atoms with Crippen LogP contribution in [0.2, 0.25) is 0 Å². The molecule has 0 unspecified atom stereocenters. The Morgan fingerprint density at radius 3 is 2.19 bits per heavy atom. The minimum absolute atomic E-state index is 0.955. The molecule has 1 aliphatic rings. The van der Waals surface area contributed by atoms with E-state index in [4.69, 9.17) is 0 Å². The van der Waals surface area contributed by atoms with Crippen LogP contribution in [0.1, 0.15) is 13.3 Å². The van der Waals surface area contributed by atoms with Gasteiger partial charge in [0.25, 0.3) is 0 Å². The van der Waals surface area contributed by atoms with Gasteiger partial charge in [0.15, 0.2) is 0 Å². The molecule has 16 heavy (non-hydrogen) atoms. The highest BCUT2D eigenvalue weighted by molar-refractivity contribution is 6.50. The van der Waals surface area contributed by atoms with Crippen LogP contribution in [0.5, 0.6) is 0 Å². The van der Waals surface area contributed by atoms with Crippen LogP contribution in [0.4, 0.5) is 17.3 Å². The summed E-state index contributed by atoms with van der Waals surface area (Å²) in [4.78, 5) is 4.55. The Hall–Kier alpha value is -1.14. The van der Waals surface area contributed by atoms with Crippen molar-refractivity contribution in [2.24, 2.45) is 0 Å². The molecule has 0 aromatic rings. The summed E-state index contributed by atoms with van der Waals surface area (Å²) in [6, 6.07) is 0. The van der Waals surface area contributed by atoms with Crippen LogP contribution in [-0.2, 0) is 0 Å². The molecule has 0 saturated carbocycles. The van der Waals surface area contributed by atoms with E-state index in [1.54, 1.807) is 0 Å². The van der Waals surface area contributed by atoms with Crippen LogP contribution in [0.3, 0.4) is 0 Å². The summed E-state index contributed by atoms with van der Waals surface area (Å²) in [5, 5.41) is 0. The van der Waals surface area contributed by atoms with Crippen molar-refractivity contribution in [1.29, 1.82) is 0 Å². The zero-order valence-electron chi connectivity index (χ0n) is 9.25. The highest BCUT2D eigenvalue weighted by Gasteiger charge is 2.20. The highest BCUT2D eigenvalue weighted by Crippen LogP contribution is 2.06. The molecule has 0 aliphatic carbocycles. The average molecular weight is 239 g/mol. The zero-order valence-corrected chi connectivity index (χ0v) is 9.25. The second-order valence-electron chi connectivity index (χ2n) is 3.31. The molecular formula is C9H16BF4N2-. The molecule has 0 atom stereocenters. The summed E-state index contributed by atoms with van der Waals surface area (Å²) in [7, 11) is -6.00. The van der Waals surface area contributed by atoms with Gasteiger partial charge in [-0.2, -0.15) is 0 Å². The van der Waals surface area contributed by atoms with Crippen LogP contribution < -0.4 is 0 Å². The normalized spacial score (nSPS) is 14.8. The van der Waals surface area contributed by atoms with Crippen molar-refractivity contribution in [2.75, 3.05) is 19.8 Å². The smallest absolute Gasteiger partial charge is 0.418 e. The number of rotatable bonds is 4. The summed E-state index contributed by atoms with van der Waals surface area (Å²) in [5.41, 5.74) is 0. The van der Waals surface area contributed by atoms with Gasteiger partial charge in [0.05, 0.1) is 6.67 Å². The first-order valence-electron chi connectivity index (χ1n) is 5.01. The van der Waals surface area contributed by atoms with E-state index in [1.165, 1.54) is 6.42 Å². The Morgan fingerprint density at radius 2 is 1.75 bits per heavy atom. The maximum absolute atomic E-state index is 9.75. The highest BCUT2D eigenvalue weighted by atomic mass is 19.5. The summed E-state index contributed by atoms with van der Waals surface area (Å²) >= 11 is 0. The third-order valence-corrected chi connectivity index (χ3v) is 1.73. The first-order chi connectivity index (χ1) is 7.36.